The summed E-state index contributed by atoms with van der Waals surface area (Å²) in [5.74, 6) is -2.48. The second kappa shape index (κ2) is 3.73. The van der Waals surface area contributed by atoms with Gasteiger partial charge >= 0.3 is 0 Å². The van der Waals surface area contributed by atoms with E-state index < -0.39 is 28.6 Å². The Labute approximate surface area is 123 Å². The molecule has 2 fully saturated rings. The van der Waals surface area contributed by atoms with Crippen LogP contribution in [0, 0.1) is 33.5 Å². The normalized spacial score (nSPS) is 33.9. The maximum absolute atomic E-state index is 12.0. The number of amides is 2. The predicted molar refractivity (Wildman–Crippen MR) is 68.4 cm³/mol. The minimum absolute atomic E-state index is 0.224. The van der Waals surface area contributed by atoms with Crippen LogP contribution in [-0.4, -0.2) is 11.8 Å². The van der Waals surface area contributed by atoms with Gasteiger partial charge in [-0.05, 0) is 17.7 Å². The maximum Gasteiger partial charge on any atom is 0.250 e. The van der Waals surface area contributed by atoms with E-state index >= 15 is 0 Å². The van der Waals surface area contributed by atoms with Gasteiger partial charge in [-0.3, -0.25) is 14.9 Å². The van der Waals surface area contributed by atoms with E-state index in [1.54, 1.807) is 6.07 Å². The Balaban J connectivity index is 2.29. The molecular weight excluding hydrogens is 301 g/mol. The standard InChI is InChI=1S/C13H5Cl2N3O2/c14-6-2-1-3-7(15)8(6)9-12(4-16)10(19)18-11(20)13(9,12)5-17/h1-3,9H,(H,18,19,20)/t9?,12-,13+. The van der Waals surface area contributed by atoms with Gasteiger partial charge in [-0.2, -0.15) is 10.5 Å². The van der Waals surface area contributed by atoms with Crippen molar-refractivity contribution in [2.24, 2.45) is 10.8 Å². The van der Waals surface area contributed by atoms with Crippen molar-refractivity contribution in [2.45, 2.75) is 5.92 Å². The molecule has 0 aromatic heterocycles. The number of hydrogen-bond donors (Lipinski definition) is 1. The minimum atomic E-state index is -1.74. The van der Waals surface area contributed by atoms with Crippen molar-refractivity contribution in [1.29, 1.82) is 10.5 Å². The van der Waals surface area contributed by atoms with Crippen LogP contribution in [0.1, 0.15) is 11.5 Å². The zero-order valence-corrected chi connectivity index (χ0v) is 11.3. The van der Waals surface area contributed by atoms with E-state index in [-0.39, 0.29) is 10.0 Å². The molecule has 1 aromatic rings. The van der Waals surface area contributed by atoms with Crippen molar-refractivity contribution in [1.82, 2.24) is 5.32 Å². The third kappa shape index (κ3) is 1.09. The van der Waals surface area contributed by atoms with Gasteiger partial charge in [-0.15, -0.1) is 0 Å². The van der Waals surface area contributed by atoms with Gasteiger partial charge in [-0.1, -0.05) is 29.3 Å². The van der Waals surface area contributed by atoms with Crippen molar-refractivity contribution < 1.29 is 9.59 Å². The first-order valence-electron chi connectivity index (χ1n) is 5.59. The highest BCUT2D eigenvalue weighted by molar-refractivity contribution is 6.36. The molecule has 0 spiro atoms. The highest BCUT2D eigenvalue weighted by Gasteiger charge is 2.91. The third-order valence-electron chi connectivity index (χ3n) is 3.99. The van der Waals surface area contributed by atoms with Crippen molar-refractivity contribution >= 4 is 35.0 Å². The fourth-order valence-corrected chi connectivity index (χ4v) is 3.64. The first-order valence-corrected chi connectivity index (χ1v) is 6.35. The van der Waals surface area contributed by atoms with Gasteiger partial charge in [0.1, 0.15) is 0 Å². The number of rotatable bonds is 1. The summed E-state index contributed by atoms with van der Waals surface area (Å²) in [6.07, 6.45) is 0. The molecule has 0 bridgehead atoms. The summed E-state index contributed by atoms with van der Waals surface area (Å²) in [7, 11) is 0. The Kier molecular flexibility index (Phi) is 2.41. The third-order valence-corrected chi connectivity index (χ3v) is 4.65. The van der Waals surface area contributed by atoms with Crippen LogP contribution in [0.25, 0.3) is 0 Å². The summed E-state index contributed by atoms with van der Waals surface area (Å²) in [5.41, 5.74) is -3.19. The molecule has 1 N–H and O–H groups in total. The number of piperidine rings is 1. The monoisotopic (exact) mass is 305 g/mol. The second-order valence-electron chi connectivity index (χ2n) is 4.69. The van der Waals surface area contributed by atoms with Crippen molar-refractivity contribution in [3.05, 3.63) is 33.8 Å². The van der Waals surface area contributed by atoms with Crippen LogP contribution < -0.4 is 5.32 Å². The Hall–Kier alpha value is -2.08. The first-order chi connectivity index (χ1) is 9.47. The molecule has 2 aliphatic rings. The van der Waals surface area contributed by atoms with Gasteiger partial charge in [0, 0.05) is 16.0 Å². The summed E-state index contributed by atoms with van der Waals surface area (Å²) in [5, 5.41) is 21.2. The summed E-state index contributed by atoms with van der Waals surface area (Å²) in [6.45, 7) is 0. The average Bonchev–Trinajstić information content (AvgIpc) is 2.95. The van der Waals surface area contributed by atoms with Gasteiger partial charge < -0.3 is 0 Å². The van der Waals surface area contributed by atoms with Gasteiger partial charge in [0.05, 0.1) is 12.1 Å². The molecule has 98 valence electrons. The molecule has 1 heterocycles. The van der Waals surface area contributed by atoms with E-state index in [0.717, 1.165) is 0 Å². The molecule has 2 amide bonds. The number of nitrogens with one attached hydrogen (secondary N) is 1. The van der Waals surface area contributed by atoms with Crippen molar-refractivity contribution in [3.63, 3.8) is 0 Å². The SMILES string of the molecule is N#C[C@@]12C(=O)NC(=O)[C@]1(C#N)C2c1c(Cl)cccc1Cl. The van der Waals surface area contributed by atoms with Crippen LogP contribution in [0.15, 0.2) is 18.2 Å². The molecule has 5 nitrogen and oxygen atoms in total. The summed E-state index contributed by atoms with van der Waals surface area (Å²) in [4.78, 5) is 23.9. The Morgan fingerprint density at radius 1 is 1.05 bits per heavy atom. The summed E-state index contributed by atoms with van der Waals surface area (Å²) in [6, 6.07) is 8.31. The molecule has 3 rings (SSSR count). The predicted octanol–water partition coefficient (Wildman–Crippen LogP) is 1.77. The first kappa shape index (κ1) is 12.9. The van der Waals surface area contributed by atoms with Gasteiger partial charge in [0.2, 0.25) is 11.8 Å². The molecule has 1 aromatic carbocycles. The zero-order valence-electron chi connectivity index (χ0n) is 9.78. The molecular formula is C13H5Cl2N3O2. The van der Waals surface area contributed by atoms with Crippen LogP contribution in [0.4, 0.5) is 0 Å². The van der Waals surface area contributed by atoms with E-state index in [2.05, 4.69) is 0 Å². The lowest BCUT2D eigenvalue weighted by atomic mass is 9.98. The van der Waals surface area contributed by atoms with Gasteiger partial charge in [0.25, 0.3) is 0 Å². The zero-order chi connectivity index (χ0) is 14.7. The number of carbonyl (C=O) groups excluding carboxylic acids is 2. The molecule has 7 heteroatoms. The maximum atomic E-state index is 12.0. The van der Waals surface area contributed by atoms with Crippen molar-refractivity contribution in [3.8, 4) is 12.1 Å². The fraction of sp³-hybridized carbons (Fsp3) is 0.231. The quantitative estimate of drug-likeness (QED) is 0.800. The van der Waals surface area contributed by atoms with Crippen LogP contribution in [0.2, 0.25) is 10.0 Å². The fourth-order valence-electron chi connectivity index (χ4n) is 3.02. The largest absolute Gasteiger partial charge is 0.293 e. The molecule has 0 radical (unpaired) electrons. The van der Waals surface area contributed by atoms with Gasteiger partial charge in [-0.25, -0.2) is 0 Å². The summed E-state index contributed by atoms with van der Waals surface area (Å²) >= 11 is 12.1. The number of fused-ring (bicyclic) bond motifs is 1. The van der Waals surface area contributed by atoms with Crippen LogP contribution >= 0.6 is 23.2 Å². The van der Waals surface area contributed by atoms with E-state index in [0.29, 0.717) is 5.56 Å². The Morgan fingerprint density at radius 2 is 1.50 bits per heavy atom. The molecule has 20 heavy (non-hydrogen) atoms. The Morgan fingerprint density at radius 3 is 1.90 bits per heavy atom. The molecule has 1 aliphatic carbocycles. The van der Waals surface area contributed by atoms with E-state index in [1.165, 1.54) is 12.1 Å². The minimum Gasteiger partial charge on any atom is -0.293 e. The lowest BCUT2D eigenvalue weighted by molar-refractivity contribution is -0.128. The number of imide groups is 1. The highest BCUT2D eigenvalue weighted by Crippen LogP contribution is 2.77. The lowest BCUT2D eigenvalue weighted by Crippen LogP contribution is -2.31. The Bertz CT molecular complexity index is 706. The van der Waals surface area contributed by atoms with Crippen LogP contribution in [0.5, 0.6) is 0 Å². The molecule has 3 atom stereocenters. The second-order valence-corrected chi connectivity index (χ2v) is 5.51. The van der Waals surface area contributed by atoms with Gasteiger partial charge in [0.15, 0.2) is 10.8 Å². The van der Waals surface area contributed by atoms with E-state index in [1.807, 2.05) is 17.5 Å². The van der Waals surface area contributed by atoms with E-state index in [9.17, 15) is 20.1 Å². The number of halogens is 2. The summed E-state index contributed by atoms with van der Waals surface area (Å²) < 4.78 is 0. The molecule has 1 saturated heterocycles. The van der Waals surface area contributed by atoms with Crippen LogP contribution in [0.3, 0.4) is 0 Å². The van der Waals surface area contributed by atoms with Crippen LogP contribution in [-0.2, 0) is 9.59 Å². The van der Waals surface area contributed by atoms with Crippen molar-refractivity contribution in [2.75, 3.05) is 0 Å². The molecule has 1 unspecified atom stereocenters. The number of benzene rings is 1. The smallest absolute Gasteiger partial charge is 0.250 e. The average molecular weight is 306 g/mol. The molecule has 1 saturated carbocycles. The van der Waals surface area contributed by atoms with E-state index in [4.69, 9.17) is 23.2 Å². The molecule has 1 aliphatic heterocycles. The number of nitriles is 2. The lowest BCUT2D eigenvalue weighted by Gasteiger charge is -2.11. The number of nitrogens with zero attached hydrogens (tertiary/aromatic N) is 2. The topological polar surface area (TPSA) is 93.8 Å². The highest BCUT2D eigenvalue weighted by atomic mass is 35.5. The number of carbonyl (C=O) groups is 2. The number of hydrogen-bond acceptors (Lipinski definition) is 4.